The summed E-state index contributed by atoms with van der Waals surface area (Å²) in [5.74, 6) is -1.19. The standard InChI is InChI=1S/C6H15NO3.C3H6O3/c8-4-1-7(2-5-9)3-6-10;1-2(4)3(5)6/h8-10H,1-6H2;2,4H,1H3,(H,5,6). The molecular weight excluding hydrogens is 218 g/mol. The van der Waals surface area contributed by atoms with Crippen molar-refractivity contribution >= 4 is 5.97 Å². The summed E-state index contributed by atoms with van der Waals surface area (Å²) < 4.78 is 0. The van der Waals surface area contributed by atoms with E-state index in [9.17, 15) is 4.79 Å². The lowest BCUT2D eigenvalue weighted by molar-refractivity contribution is -0.145. The normalized spacial score (nSPS) is 11.9. The topological polar surface area (TPSA) is 121 Å². The van der Waals surface area contributed by atoms with Crippen LogP contribution in [0.4, 0.5) is 0 Å². The smallest absolute Gasteiger partial charge is 0.332 e. The Balaban J connectivity index is 0. The quantitative estimate of drug-likeness (QED) is 0.339. The van der Waals surface area contributed by atoms with Crippen LogP contribution in [0.25, 0.3) is 0 Å². The molecule has 0 aliphatic rings. The van der Waals surface area contributed by atoms with Gasteiger partial charge in [0.15, 0.2) is 0 Å². The highest BCUT2D eigenvalue weighted by Crippen LogP contribution is 1.84. The van der Waals surface area contributed by atoms with Crippen LogP contribution in [0.5, 0.6) is 0 Å². The molecule has 16 heavy (non-hydrogen) atoms. The first-order chi connectivity index (χ1) is 7.49. The van der Waals surface area contributed by atoms with Crippen LogP contribution in [0.3, 0.4) is 0 Å². The van der Waals surface area contributed by atoms with Gasteiger partial charge in [0.25, 0.3) is 0 Å². The third-order valence-electron chi connectivity index (χ3n) is 1.61. The number of hydrogen-bond acceptors (Lipinski definition) is 6. The first-order valence-corrected chi connectivity index (χ1v) is 4.95. The second-order valence-electron chi connectivity index (χ2n) is 3.03. The number of aliphatic carboxylic acids is 1. The molecule has 0 aromatic carbocycles. The summed E-state index contributed by atoms with van der Waals surface area (Å²) in [4.78, 5) is 11.2. The maximum Gasteiger partial charge on any atom is 0.332 e. The Kier molecular flexibility index (Phi) is 13.6. The lowest BCUT2D eigenvalue weighted by Crippen LogP contribution is -2.32. The van der Waals surface area contributed by atoms with Gasteiger partial charge in [-0.1, -0.05) is 0 Å². The van der Waals surface area contributed by atoms with Gasteiger partial charge in [-0.3, -0.25) is 4.90 Å². The Hall–Kier alpha value is -0.730. The van der Waals surface area contributed by atoms with Crippen LogP contribution in [0.2, 0.25) is 0 Å². The van der Waals surface area contributed by atoms with E-state index in [4.69, 9.17) is 25.5 Å². The molecule has 0 spiro atoms. The molecule has 0 amide bonds. The van der Waals surface area contributed by atoms with Gasteiger partial charge in [-0.25, -0.2) is 4.79 Å². The number of nitrogens with zero attached hydrogens (tertiary/aromatic N) is 1. The molecule has 7 nitrogen and oxygen atoms in total. The lowest BCUT2D eigenvalue weighted by Gasteiger charge is -2.17. The van der Waals surface area contributed by atoms with Gasteiger partial charge < -0.3 is 25.5 Å². The summed E-state index contributed by atoms with van der Waals surface area (Å²) in [5, 5.41) is 41.2. The molecular formula is C9H21NO6. The minimum Gasteiger partial charge on any atom is -0.479 e. The average molecular weight is 239 g/mol. The zero-order chi connectivity index (χ0) is 13.0. The zero-order valence-corrected chi connectivity index (χ0v) is 9.41. The molecule has 0 saturated heterocycles. The van der Waals surface area contributed by atoms with E-state index in [1.54, 1.807) is 4.90 Å². The van der Waals surface area contributed by atoms with Gasteiger partial charge in [0, 0.05) is 19.6 Å². The second-order valence-corrected chi connectivity index (χ2v) is 3.03. The Labute approximate surface area is 94.6 Å². The molecule has 1 atom stereocenters. The van der Waals surface area contributed by atoms with Crippen LogP contribution in [0.1, 0.15) is 6.92 Å². The van der Waals surface area contributed by atoms with Crippen molar-refractivity contribution in [1.82, 2.24) is 4.90 Å². The summed E-state index contributed by atoms with van der Waals surface area (Å²) >= 11 is 0. The number of rotatable bonds is 7. The maximum atomic E-state index is 9.45. The van der Waals surface area contributed by atoms with Gasteiger partial charge in [-0.15, -0.1) is 0 Å². The predicted molar refractivity (Wildman–Crippen MR) is 57.0 cm³/mol. The van der Waals surface area contributed by atoms with Crippen LogP contribution < -0.4 is 0 Å². The summed E-state index contributed by atoms with van der Waals surface area (Å²) in [6.07, 6.45) is -1.23. The molecule has 7 heteroatoms. The second kappa shape index (κ2) is 12.3. The predicted octanol–water partition coefficient (Wildman–Crippen LogP) is -2.28. The van der Waals surface area contributed by atoms with Crippen molar-refractivity contribution in [2.24, 2.45) is 0 Å². The molecule has 0 aliphatic carbocycles. The Morgan fingerprint density at radius 2 is 1.31 bits per heavy atom. The first-order valence-electron chi connectivity index (χ1n) is 4.95. The van der Waals surface area contributed by atoms with Crippen molar-refractivity contribution in [3.05, 3.63) is 0 Å². The lowest BCUT2D eigenvalue weighted by atomic mass is 10.4. The number of aliphatic hydroxyl groups is 4. The van der Waals surface area contributed by atoms with Gasteiger partial charge in [0.05, 0.1) is 19.8 Å². The Bertz CT molecular complexity index is 150. The molecule has 98 valence electrons. The molecule has 5 N–H and O–H groups in total. The molecule has 1 unspecified atom stereocenters. The molecule has 0 radical (unpaired) electrons. The van der Waals surface area contributed by atoms with Crippen LogP contribution in [-0.4, -0.2) is 82.0 Å². The van der Waals surface area contributed by atoms with Crippen molar-refractivity contribution < 1.29 is 30.3 Å². The van der Waals surface area contributed by atoms with Crippen LogP contribution in [0.15, 0.2) is 0 Å². The van der Waals surface area contributed by atoms with Crippen molar-refractivity contribution in [2.45, 2.75) is 13.0 Å². The van der Waals surface area contributed by atoms with Gasteiger partial charge in [-0.05, 0) is 6.92 Å². The molecule has 0 aliphatic heterocycles. The molecule has 0 saturated carbocycles. The van der Waals surface area contributed by atoms with Crippen molar-refractivity contribution in [3.8, 4) is 0 Å². The van der Waals surface area contributed by atoms with Crippen LogP contribution in [-0.2, 0) is 4.79 Å². The summed E-state index contributed by atoms with van der Waals surface area (Å²) in [7, 11) is 0. The number of carboxylic acid groups (broad SMARTS) is 1. The van der Waals surface area contributed by atoms with E-state index >= 15 is 0 Å². The van der Waals surface area contributed by atoms with Gasteiger partial charge in [0.2, 0.25) is 0 Å². The number of carboxylic acids is 1. The highest BCUT2D eigenvalue weighted by molar-refractivity contribution is 5.71. The highest BCUT2D eigenvalue weighted by atomic mass is 16.4. The van der Waals surface area contributed by atoms with Crippen LogP contribution >= 0.6 is 0 Å². The molecule has 0 aromatic rings. The fourth-order valence-electron chi connectivity index (χ4n) is 0.760. The third-order valence-corrected chi connectivity index (χ3v) is 1.61. The summed E-state index contributed by atoms with van der Waals surface area (Å²) in [6.45, 7) is 2.95. The maximum absolute atomic E-state index is 9.45. The van der Waals surface area contributed by atoms with Gasteiger partial charge in [-0.2, -0.15) is 0 Å². The fraction of sp³-hybridized carbons (Fsp3) is 0.889. The van der Waals surface area contributed by atoms with Gasteiger partial charge in [0.1, 0.15) is 6.10 Å². The van der Waals surface area contributed by atoms with Crippen molar-refractivity contribution in [3.63, 3.8) is 0 Å². The number of carbonyl (C=O) groups is 1. The largest absolute Gasteiger partial charge is 0.479 e. The first kappa shape index (κ1) is 17.7. The monoisotopic (exact) mass is 239 g/mol. The van der Waals surface area contributed by atoms with E-state index in [0.29, 0.717) is 19.6 Å². The SMILES string of the molecule is CC(O)C(=O)O.OCCN(CCO)CCO. The number of aliphatic hydroxyl groups excluding tert-OH is 4. The number of hydrogen-bond donors (Lipinski definition) is 5. The average Bonchev–Trinajstić information content (AvgIpc) is 2.19. The Morgan fingerprint density at radius 3 is 1.44 bits per heavy atom. The molecule has 0 aromatic heterocycles. The van der Waals surface area contributed by atoms with E-state index in [1.165, 1.54) is 6.92 Å². The third kappa shape index (κ3) is 13.3. The van der Waals surface area contributed by atoms with E-state index in [0.717, 1.165) is 0 Å². The molecule has 0 heterocycles. The van der Waals surface area contributed by atoms with E-state index < -0.39 is 12.1 Å². The minimum absolute atomic E-state index is 0.0694. The fourth-order valence-corrected chi connectivity index (χ4v) is 0.760. The minimum atomic E-state index is -1.23. The summed E-state index contributed by atoms with van der Waals surface area (Å²) in [5.41, 5.74) is 0. The van der Waals surface area contributed by atoms with E-state index in [-0.39, 0.29) is 19.8 Å². The van der Waals surface area contributed by atoms with Crippen molar-refractivity contribution in [1.29, 1.82) is 0 Å². The molecule has 0 bridgehead atoms. The highest BCUT2D eigenvalue weighted by Gasteiger charge is 2.01. The Morgan fingerprint density at radius 1 is 1.06 bits per heavy atom. The zero-order valence-electron chi connectivity index (χ0n) is 9.41. The molecule has 0 rings (SSSR count). The van der Waals surface area contributed by atoms with Crippen LogP contribution in [0, 0.1) is 0 Å². The van der Waals surface area contributed by atoms with E-state index in [2.05, 4.69) is 0 Å². The van der Waals surface area contributed by atoms with Gasteiger partial charge >= 0.3 is 5.97 Å². The molecule has 0 fully saturated rings. The van der Waals surface area contributed by atoms with Crippen molar-refractivity contribution in [2.75, 3.05) is 39.5 Å². The van der Waals surface area contributed by atoms with E-state index in [1.807, 2.05) is 0 Å². The summed E-state index contributed by atoms with van der Waals surface area (Å²) in [6, 6.07) is 0.